The van der Waals surface area contributed by atoms with Crippen molar-refractivity contribution in [3.63, 3.8) is 0 Å². The van der Waals surface area contributed by atoms with Gasteiger partial charge in [-0.1, -0.05) is 62.1 Å². The average Bonchev–Trinajstić information content (AvgIpc) is 2.53. The Hall–Kier alpha value is -0.237. The maximum atomic E-state index is 6.24. The van der Waals surface area contributed by atoms with Crippen molar-refractivity contribution in [2.24, 2.45) is 5.41 Å². The minimum atomic E-state index is -0.422. The van der Waals surface area contributed by atoms with E-state index in [1.54, 1.807) is 0 Å². The van der Waals surface area contributed by atoms with Gasteiger partial charge in [-0.05, 0) is 6.42 Å². The molecular weight excluding hydrogens is 338 g/mol. The molecule has 1 atom stereocenters. The minimum Gasteiger partial charge on any atom is -0.351 e. The van der Waals surface area contributed by atoms with Crippen LogP contribution in [0.25, 0.3) is 0 Å². The van der Waals surface area contributed by atoms with Gasteiger partial charge in [-0.2, -0.15) is 20.3 Å². The van der Waals surface area contributed by atoms with Crippen molar-refractivity contribution in [1.29, 1.82) is 0 Å². The SMILES string of the molecule is CC1(C)COC2(CCC[CH-][C@@H]2c2ccccc2)OC1.C[CH-]C.[Zn+2]. The summed E-state index contributed by atoms with van der Waals surface area (Å²) in [5, 5.41) is 0. The molecule has 0 amide bonds. The first-order chi connectivity index (χ1) is 10.5. The number of rotatable bonds is 1. The quantitative estimate of drug-likeness (QED) is 0.504. The van der Waals surface area contributed by atoms with Crippen LogP contribution in [0.5, 0.6) is 0 Å². The first kappa shape index (κ1) is 20.8. The maximum Gasteiger partial charge on any atom is 2.00 e. The fraction of sp³-hybridized carbons (Fsp3) is 0.600. The van der Waals surface area contributed by atoms with Crippen LogP contribution >= 0.6 is 0 Å². The average molecular weight is 368 g/mol. The number of benzene rings is 1. The summed E-state index contributed by atoms with van der Waals surface area (Å²) in [6, 6.07) is 10.6. The third-order valence-electron chi connectivity index (χ3n) is 4.18. The summed E-state index contributed by atoms with van der Waals surface area (Å²) in [6.45, 7) is 9.96. The molecule has 23 heavy (non-hydrogen) atoms. The second-order valence-electron chi connectivity index (χ2n) is 7.15. The van der Waals surface area contributed by atoms with Crippen LogP contribution in [0.3, 0.4) is 0 Å². The molecular formula is C20H30O2Zn. The number of hydrogen-bond donors (Lipinski definition) is 0. The van der Waals surface area contributed by atoms with Gasteiger partial charge in [0.15, 0.2) is 0 Å². The molecule has 1 aromatic rings. The predicted octanol–water partition coefficient (Wildman–Crippen LogP) is 5.16. The molecule has 1 aliphatic heterocycles. The van der Waals surface area contributed by atoms with Gasteiger partial charge in [-0.3, -0.25) is 0 Å². The Bertz CT molecular complexity index is 434. The first-order valence-corrected chi connectivity index (χ1v) is 8.43. The molecule has 1 saturated carbocycles. The largest absolute Gasteiger partial charge is 2.00 e. The summed E-state index contributed by atoms with van der Waals surface area (Å²) in [7, 11) is 0. The second kappa shape index (κ2) is 9.30. The molecule has 2 aliphatic rings. The molecule has 2 fully saturated rings. The molecule has 2 nitrogen and oxygen atoms in total. The molecule has 124 valence electrons. The van der Waals surface area contributed by atoms with Gasteiger partial charge < -0.3 is 22.3 Å². The van der Waals surface area contributed by atoms with E-state index in [0.29, 0.717) is 0 Å². The van der Waals surface area contributed by atoms with E-state index in [1.807, 2.05) is 20.3 Å². The Balaban J connectivity index is 0.000000615. The van der Waals surface area contributed by atoms with Crippen molar-refractivity contribution in [1.82, 2.24) is 0 Å². The molecule has 1 aliphatic carbocycles. The van der Waals surface area contributed by atoms with Gasteiger partial charge >= 0.3 is 19.5 Å². The van der Waals surface area contributed by atoms with Crippen LogP contribution in [0.2, 0.25) is 0 Å². The Morgan fingerprint density at radius 3 is 2.22 bits per heavy atom. The zero-order chi connectivity index (χ0) is 16.1. The van der Waals surface area contributed by atoms with Crippen LogP contribution in [-0.2, 0) is 29.0 Å². The van der Waals surface area contributed by atoms with Crippen molar-refractivity contribution in [3.8, 4) is 0 Å². The Kier molecular flexibility index (Phi) is 8.41. The minimum absolute atomic E-state index is 0. The second-order valence-corrected chi connectivity index (χ2v) is 7.15. The molecule has 1 aromatic carbocycles. The molecule has 1 saturated heterocycles. The standard InChI is InChI=1S/C17H23O2.C3H7.Zn/c1-16(2)12-18-17(19-13-16)11-7-6-10-15(17)14-8-4-3-5-9-14;1-3-2;/h3-5,8-10,15H,6-7,11-13H2,1-2H3;3H,1-2H3;/q2*-1;+2/t15-;;/m1../s1. The van der Waals surface area contributed by atoms with E-state index >= 15 is 0 Å². The Labute approximate surface area is 155 Å². The van der Waals surface area contributed by atoms with E-state index in [4.69, 9.17) is 9.47 Å². The van der Waals surface area contributed by atoms with E-state index in [-0.39, 0.29) is 30.8 Å². The van der Waals surface area contributed by atoms with Crippen LogP contribution < -0.4 is 0 Å². The monoisotopic (exact) mass is 366 g/mol. The third-order valence-corrected chi connectivity index (χ3v) is 4.18. The molecule has 0 N–H and O–H groups in total. The molecule has 1 heterocycles. The summed E-state index contributed by atoms with van der Waals surface area (Å²) < 4.78 is 12.5. The molecule has 0 bridgehead atoms. The summed E-state index contributed by atoms with van der Waals surface area (Å²) in [6.07, 6.45) is 7.68. The van der Waals surface area contributed by atoms with Crippen LogP contribution in [-0.4, -0.2) is 19.0 Å². The van der Waals surface area contributed by atoms with Crippen LogP contribution in [0.4, 0.5) is 0 Å². The third kappa shape index (κ3) is 5.38. The normalized spacial score (nSPS) is 25.0. The Morgan fingerprint density at radius 1 is 1.09 bits per heavy atom. The van der Waals surface area contributed by atoms with Gasteiger partial charge in [0, 0.05) is 5.41 Å². The smallest absolute Gasteiger partial charge is 0.351 e. The van der Waals surface area contributed by atoms with Crippen LogP contribution in [0.1, 0.15) is 58.4 Å². The topological polar surface area (TPSA) is 18.5 Å². The fourth-order valence-electron chi connectivity index (χ4n) is 3.06. The van der Waals surface area contributed by atoms with Crippen LogP contribution in [0.15, 0.2) is 30.3 Å². The van der Waals surface area contributed by atoms with Crippen molar-refractivity contribution in [2.45, 2.75) is 58.7 Å². The fourth-order valence-corrected chi connectivity index (χ4v) is 3.06. The van der Waals surface area contributed by atoms with Crippen molar-refractivity contribution in [3.05, 3.63) is 48.7 Å². The first-order valence-electron chi connectivity index (χ1n) is 8.43. The van der Waals surface area contributed by atoms with Crippen molar-refractivity contribution in [2.75, 3.05) is 13.2 Å². The number of hydrogen-bond acceptors (Lipinski definition) is 2. The van der Waals surface area contributed by atoms with Crippen molar-refractivity contribution >= 4 is 0 Å². The zero-order valence-corrected chi connectivity index (χ0v) is 18.1. The van der Waals surface area contributed by atoms with E-state index in [9.17, 15) is 0 Å². The van der Waals surface area contributed by atoms with Gasteiger partial charge in [0.2, 0.25) is 0 Å². The van der Waals surface area contributed by atoms with Gasteiger partial charge in [0.25, 0.3) is 0 Å². The van der Waals surface area contributed by atoms with E-state index in [0.717, 1.165) is 32.5 Å². The van der Waals surface area contributed by atoms with Gasteiger partial charge in [0.05, 0.1) is 13.2 Å². The summed E-state index contributed by atoms with van der Waals surface area (Å²) in [4.78, 5) is 0. The van der Waals surface area contributed by atoms with Crippen molar-refractivity contribution < 1.29 is 29.0 Å². The molecule has 1 spiro atoms. The Morgan fingerprint density at radius 2 is 1.65 bits per heavy atom. The molecule has 0 unspecified atom stereocenters. The summed E-state index contributed by atoms with van der Waals surface area (Å²) in [5.74, 6) is -0.159. The van der Waals surface area contributed by atoms with E-state index in [1.165, 1.54) is 5.56 Å². The van der Waals surface area contributed by atoms with Crippen LogP contribution in [0, 0.1) is 18.3 Å². The number of ether oxygens (including phenoxy) is 2. The predicted molar refractivity (Wildman–Crippen MR) is 91.4 cm³/mol. The zero-order valence-electron chi connectivity index (χ0n) is 15.2. The maximum absolute atomic E-state index is 6.24. The van der Waals surface area contributed by atoms with Gasteiger partial charge in [0.1, 0.15) is 5.79 Å². The van der Waals surface area contributed by atoms with Gasteiger partial charge in [-0.15, -0.1) is 0 Å². The van der Waals surface area contributed by atoms with E-state index < -0.39 is 5.79 Å². The summed E-state index contributed by atoms with van der Waals surface area (Å²) >= 11 is 0. The molecule has 3 heteroatoms. The molecule has 3 rings (SSSR count). The summed E-state index contributed by atoms with van der Waals surface area (Å²) in [5.41, 5.74) is 1.44. The van der Waals surface area contributed by atoms with E-state index in [2.05, 4.69) is 50.6 Å². The van der Waals surface area contributed by atoms with Gasteiger partial charge in [-0.25, -0.2) is 0 Å². The molecule has 0 radical (unpaired) electrons. The molecule has 0 aromatic heterocycles.